The van der Waals surface area contributed by atoms with Gasteiger partial charge in [0.05, 0.1) is 0 Å². The van der Waals surface area contributed by atoms with Crippen molar-refractivity contribution in [3.63, 3.8) is 0 Å². The van der Waals surface area contributed by atoms with Crippen LogP contribution in [0, 0.1) is 5.82 Å². The minimum absolute atomic E-state index is 0.285. The first kappa shape index (κ1) is 7.69. The second kappa shape index (κ2) is 3.68. The summed E-state index contributed by atoms with van der Waals surface area (Å²) in [5.74, 6) is 0.258. The zero-order valence-corrected chi connectivity index (χ0v) is 6.45. The van der Waals surface area contributed by atoms with Crippen LogP contribution >= 0.6 is 21.9 Å². The topological polar surface area (TPSA) is 9.23 Å². The van der Waals surface area contributed by atoms with Gasteiger partial charge in [0.25, 0.3) is 0 Å². The highest BCUT2D eigenvalue weighted by Crippen LogP contribution is 2.18. The van der Waals surface area contributed by atoms with Crippen molar-refractivity contribution in [1.29, 1.82) is 0 Å². The predicted octanol–water partition coefficient (Wildman–Crippen LogP) is 3.01. The number of hydrogen-bond donors (Lipinski definition) is 0. The predicted molar refractivity (Wildman–Crippen MR) is 40.5 cm³/mol. The highest BCUT2D eigenvalue weighted by atomic mass is 35.7. The molecule has 0 aliphatic heterocycles. The SMILES string of the molecule is Fc1ccc(OSCl)cc1. The molecule has 1 aromatic rings. The van der Waals surface area contributed by atoms with Crippen LogP contribution in [0.5, 0.6) is 5.75 Å². The standard InChI is InChI=1S/C6H4ClFOS/c7-10-9-6-3-1-5(8)2-4-6/h1-4H. The summed E-state index contributed by atoms with van der Waals surface area (Å²) in [6.45, 7) is 0. The van der Waals surface area contributed by atoms with Crippen LogP contribution in [0.15, 0.2) is 24.3 Å². The maximum absolute atomic E-state index is 12.2. The summed E-state index contributed by atoms with van der Waals surface area (Å²) in [6.07, 6.45) is 0. The van der Waals surface area contributed by atoms with E-state index < -0.39 is 0 Å². The number of benzene rings is 1. The quantitative estimate of drug-likeness (QED) is 0.644. The fraction of sp³-hybridized carbons (Fsp3) is 0. The van der Waals surface area contributed by atoms with E-state index in [0.717, 1.165) is 0 Å². The summed E-state index contributed by atoms with van der Waals surface area (Å²) in [5, 5.41) is 0. The van der Waals surface area contributed by atoms with Crippen molar-refractivity contribution in [2.45, 2.75) is 0 Å². The molecule has 4 heteroatoms. The van der Waals surface area contributed by atoms with Crippen molar-refractivity contribution < 1.29 is 8.57 Å². The van der Waals surface area contributed by atoms with Crippen LogP contribution in [-0.2, 0) is 0 Å². The molecule has 0 heterocycles. The summed E-state index contributed by atoms with van der Waals surface area (Å²) < 4.78 is 17.0. The van der Waals surface area contributed by atoms with Crippen molar-refractivity contribution in [2.24, 2.45) is 0 Å². The molecule has 0 atom stereocenters. The molecule has 0 aromatic heterocycles. The Kier molecular flexibility index (Phi) is 2.83. The van der Waals surface area contributed by atoms with Gasteiger partial charge in [0.1, 0.15) is 11.6 Å². The lowest BCUT2D eigenvalue weighted by Crippen LogP contribution is -1.76. The first-order chi connectivity index (χ1) is 4.83. The zero-order chi connectivity index (χ0) is 7.40. The number of halogens is 2. The van der Waals surface area contributed by atoms with Gasteiger partial charge in [0.2, 0.25) is 0 Å². The van der Waals surface area contributed by atoms with Crippen molar-refractivity contribution in [3.8, 4) is 5.75 Å². The highest BCUT2D eigenvalue weighted by molar-refractivity contribution is 8.17. The Morgan fingerprint density at radius 3 is 2.40 bits per heavy atom. The second-order valence-corrected chi connectivity index (χ2v) is 2.27. The molecular weight excluding hydrogens is 175 g/mol. The minimum atomic E-state index is -0.285. The van der Waals surface area contributed by atoms with E-state index in [1.165, 1.54) is 24.3 Å². The molecule has 0 fully saturated rings. The smallest absolute Gasteiger partial charge is 0.166 e. The Hall–Kier alpha value is -0.410. The highest BCUT2D eigenvalue weighted by Gasteiger charge is 1.92. The van der Waals surface area contributed by atoms with Gasteiger partial charge in [-0.25, -0.2) is 4.39 Å². The molecule has 0 bridgehead atoms. The van der Waals surface area contributed by atoms with Crippen LogP contribution in [0.3, 0.4) is 0 Å². The fourth-order valence-electron chi connectivity index (χ4n) is 0.527. The minimum Gasteiger partial charge on any atom is -0.409 e. The summed E-state index contributed by atoms with van der Waals surface area (Å²) in [6, 6.07) is 5.63. The van der Waals surface area contributed by atoms with Gasteiger partial charge in [-0.1, -0.05) is 0 Å². The molecule has 0 unspecified atom stereocenters. The third-order valence-electron chi connectivity index (χ3n) is 0.941. The van der Waals surface area contributed by atoms with Gasteiger partial charge < -0.3 is 4.18 Å². The van der Waals surface area contributed by atoms with Crippen LogP contribution in [0.4, 0.5) is 4.39 Å². The maximum Gasteiger partial charge on any atom is 0.166 e. The van der Waals surface area contributed by atoms with E-state index in [-0.39, 0.29) is 5.82 Å². The largest absolute Gasteiger partial charge is 0.409 e. The lowest BCUT2D eigenvalue weighted by molar-refractivity contribution is 0.615. The third-order valence-corrected chi connectivity index (χ3v) is 1.39. The summed E-state index contributed by atoms with van der Waals surface area (Å²) in [7, 11) is 5.18. The van der Waals surface area contributed by atoms with E-state index in [0.29, 0.717) is 17.0 Å². The third kappa shape index (κ3) is 2.08. The molecule has 0 N–H and O–H groups in total. The van der Waals surface area contributed by atoms with Gasteiger partial charge in [-0.2, -0.15) is 0 Å². The molecule has 1 rings (SSSR count). The molecule has 54 valence electrons. The summed E-state index contributed by atoms with van der Waals surface area (Å²) in [5.41, 5.74) is 0. The molecule has 10 heavy (non-hydrogen) atoms. The normalized spacial score (nSPS) is 9.40. The Labute approximate surface area is 66.8 Å². The van der Waals surface area contributed by atoms with Crippen LogP contribution in [0.25, 0.3) is 0 Å². The van der Waals surface area contributed by atoms with E-state index in [2.05, 4.69) is 0 Å². The fourth-order valence-corrected chi connectivity index (χ4v) is 0.929. The molecule has 0 radical (unpaired) electrons. The van der Waals surface area contributed by atoms with Crippen LogP contribution in [-0.4, -0.2) is 0 Å². The van der Waals surface area contributed by atoms with Crippen molar-refractivity contribution in [1.82, 2.24) is 0 Å². The van der Waals surface area contributed by atoms with E-state index in [1.807, 2.05) is 0 Å². The molecule has 0 spiro atoms. The van der Waals surface area contributed by atoms with Gasteiger partial charge in [-0.05, 0) is 24.3 Å². The Bertz CT molecular complexity index is 201. The number of rotatable bonds is 2. The van der Waals surface area contributed by atoms with Crippen molar-refractivity contribution >= 4 is 21.9 Å². The van der Waals surface area contributed by atoms with Gasteiger partial charge in [0.15, 0.2) is 11.3 Å². The average molecular weight is 179 g/mol. The molecule has 0 saturated carbocycles. The molecule has 0 aliphatic rings. The van der Waals surface area contributed by atoms with Crippen LogP contribution in [0.2, 0.25) is 0 Å². The van der Waals surface area contributed by atoms with Gasteiger partial charge >= 0.3 is 0 Å². The molecule has 0 amide bonds. The molecule has 1 nitrogen and oxygen atoms in total. The van der Waals surface area contributed by atoms with Crippen LogP contribution < -0.4 is 4.18 Å². The molecule has 0 aliphatic carbocycles. The maximum atomic E-state index is 12.2. The first-order valence-electron chi connectivity index (χ1n) is 2.54. The second-order valence-electron chi connectivity index (χ2n) is 1.60. The van der Waals surface area contributed by atoms with Crippen LogP contribution in [0.1, 0.15) is 0 Å². The molecule has 1 aromatic carbocycles. The van der Waals surface area contributed by atoms with E-state index in [9.17, 15) is 4.39 Å². The van der Waals surface area contributed by atoms with Crippen molar-refractivity contribution in [2.75, 3.05) is 0 Å². The van der Waals surface area contributed by atoms with E-state index in [1.54, 1.807) is 0 Å². The monoisotopic (exact) mass is 178 g/mol. The van der Waals surface area contributed by atoms with Gasteiger partial charge in [-0.15, -0.1) is 0 Å². The average Bonchev–Trinajstić information content (AvgIpc) is 1.95. The Morgan fingerprint density at radius 1 is 1.30 bits per heavy atom. The number of hydrogen-bond acceptors (Lipinski definition) is 2. The summed E-state index contributed by atoms with van der Waals surface area (Å²) >= 11 is 0.710. The van der Waals surface area contributed by atoms with Crippen molar-refractivity contribution in [3.05, 3.63) is 30.1 Å². The molecule has 0 saturated heterocycles. The van der Waals surface area contributed by atoms with Gasteiger partial charge in [-0.3, -0.25) is 0 Å². The Morgan fingerprint density at radius 2 is 1.90 bits per heavy atom. The Balaban J connectivity index is 2.69. The van der Waals surface area contributed by atoms with E-state index >= 15 is 0 Å². The van der Waals surface area contributed by atoms with Gasteiger partial charge in [0, 0.05) is 10.7 Å². The first-order valence-corrected chi connectivity index (χ1v) is 4.10. The zero-order valence-electron chi connectivity index (χ0n) is 4.88. The summed E-state index contributed by atoms with van der Waals surface area (Å²) in [4.78, 5) is 0. The lowest BCUT2D eigenvalue weighted by Gasteiger charge is -1.96. The molecular formula is C6H4ClFOS. The lowest BCUT2D eigenvalue weighted by atomic mass is 10.3. The van der Waals surface area contributed by atoms with E-state index in [4.69, 9.17) is 14.9 Å².